The molecular formula is C16H18F2N2. The SMILES string of the molecule is CCc1ccc(CC(NN)c2ccc(F)cc2F)cc1. The van der Waals surface area contributed by atoms with Crippen LogP contribution in [0.5, 0.6) is 0 Å². The summed E-state index contributed by atoms with van der Waals surface area (Å²) < 4.78 is 26.7. The summed E-state index contributed by atoms with van der Waals surface area (Å²) in [5, 5.41) is 0. The highest BCUT2D eigenvalue weighted by Gasteiger charge is 2.15. The minimum atomic E-state index is -0.589. The minimum absolute atomic E-state index is 0.369. The van der Waals surface area contributed by atoms with Crippen molar-refractivity contribution >= 4 is 0 Å². The van der Waals surface area contributed by atoms with E-state index in [1.807, 2.05) is 24.3 Å². The molecule has 0 aromatic heterocycles. The summed E-state index contributed by atoms with van der Waals surface area (Å²) in [6, 6.07) is 11.3. The molecule has 2 aromatic rings. The van der Waals surface area contributed by atoms with Crippen LogP contribution in [0.3, 0.4) is 0 Å². The Bertz CT molecular complexity index is 567. The Kier molecular flexibility index (Phi) is 4.82. The molecule has 0 saturated heterocycles. The average molecular weight is 276 g/mol. The molecular weight excluding hydrogens is 258 g/mol. The van der Waals surface area contributed by atoms with E-state index in [0.717, 1.165) is 18.1 Å². The molecule has 0 fully saturated rings. The number of rotatable bonds is 5. The Balaban J connectivity index is 2.19. The van der Waals surface area contributed by atoms with Gasteiger partial charge < -0.3 is 0 Å². The molecule has 3 N–H and O–H groups in total. The number of hydrogen-bond acceptors (Lipinski definition) is 2. The molecule has 0 aliphatic rings. The van der Waals surface area contributed by atoms with Gasteiger partial charge in [0.25, 0.3) is 0 Å². The van der Waals surface area contributed by atoms with Crippen LogP contribution in [-0.4, -0.2) is 0 Å². The highest BCUT2D eigenvalue weighted by Crippen LogP contribution is 2.21. The lowest BCUT2D eigenvalue weighted by Crippen LogP contribution is -2.30. The maximum atomic E-state index is 13.8. The van der Waals surface area contributed by atoms with Gasteiger partial charge >= 0.3 is 0 Å². The second kappa shape index (κ2) is 6.59. The highest BCUT2D eigenvalue weighted by molar-refractivity contribution is 5.27. The number of hydrogen-bond donors (Lipinski definition) is 2. The summed E-state index contributed by atoms with van der Waals surface area (Å²) in [5.41, 5.74) is 5.26. The predicted octanol–water partition coefficient (Wildman–Crippen LogP) is 3.27. The quantitative estimate of drug-likeness (QED) is 0.649. The van der Waals surface area contributed by atoms with E-state index in [2.05, 4.69) is 12.3 Å². The zero-order valence-electron chi connectivity index (χ0n) is 11.4. The van der Waals surface area contributed by atoms with Crippen molar-refractivity contribution in [2.75, 3.05) is 0 Å². The van der Waals surface area contributed by atoms with E-state index in [-0.39, 0.29) is 6.04 Å². The number of halogens is 2. The third-order valence-electron chi connectivity index (χ3n) is 3.41. The van der Waals surface area contributed by atoms with E-state index in [9.17, 15) is 8.78 Å². The van der Waals surface area contributed by atoms with Gasteiger partial charge in [0.1, 0.15) is 11.6 Å². The molecule has 0 amide bonds. The molecule has 0 aliphatic carbocycles. The van der Waals surface area contributed by atoms with Gasteiger partial charge in [0.2, 0.25) is 0 Å². The summed E-state index contributed by atoms with van der Waals surface area (Å²) in [7, 11) is 0. The van der Waals surface area contributed by atoms with Crippen LogP contribution in [0.1, 0.15) is 29.7 Å². The van der Waals surface area contributed by atoms with Gasteiger partial charge in [-0.1, -0.05) is 37.3 Å². The van der Waals surface area contributed by atoms with Crippen LogP contribution < -0.4 is 11.3 Å². The number of aryl methyl sites for hydroxylation is 1. The average Bonchev–Trinajstić information content (AvgIpc) is 2.46. The first kappa shape index (κ1) is 14.6. The Morgan fingerprint density at radius 3 is 2.25 bits per heavy atom. The first-order valence-corrected chi connectivity index (χ1v) is 6.63. The first-order chi connectivity index (χ1) is 9.63. The fourth-order valence-corrected chi connectivity index (χ4v) is 2.19. The predicted molar refractivity (Wildman–Crippen MR) is 75.9 cm³/mol. The van der Waals surface area contributed by atoms with Crippen molar-refractivity contribution in [2.45, 2.75) is 25.8 Å². The van der Waals surface area contributed by atoms with E-state index in [1.54, 1.807) is 0 Å². The molecule has 20 heavy (non-hydrogen) atoms. The van der Waals surface area contributed by atoms with Crippen molar-refractivity contribution < 1.29 is 8.78 Å². The van der Waals surface area contributed by atoms with E-state index in [4.69, 9.17) is 5.84 Å². The van der Waals surface area contributed by atoms with Crippen molar-refractivity contribution in [1.29, 1.82) is 0 Å². The molecule has 0 saturated carbocycles. The van der Waals surface area contributed by atoms with Crippen molar-refractivity contribution in [1.82, 2.24) is 5.43 Å². The Hall–Kier alpha value is -1.78. The molecule has 0 spiro atoms. The zero-order chi connectivity index (χ0) is 14.5. The smallest absolute Gasteiger partial charge is 0.130 e. The molecule has 2 aromatic carbocycles. The van der Waals surface area contributed by atoms with Gasteiger partial charge in [-0.15, -0.1) is 0 Å². The van der Waals surface area contributed by atoms with E-state index in [1.165, 1.54) is 17.7 Å². The Morgan fingerprint density at radius 2 is 1.70 bits per heavy atom. The van der Waals surface area contributed by atoms with Crippen LogP contribution in [-0.2, 0) is 12.8 Å². The van der Waals surface area contributed by atoms with Gasteiger partial charge in [-0.3, -0.25) is 11.3 Å². The van der Waals surface area contributed by atoms with E-state index >= 15 is 0 Å². The summed E-state index contributed by atoms with van der Waals surface area (Å²) >= 11 is 0. The molecule has 2 rings (SSSR count). The molecule has 0 bridgehead atoms. The summed E-state index contributed by atoms with van der Waals surface area (Å²) in [4.78, 5) is 0. The summed E-state index contributed by atoms with van der Waals surface area (Å²) in [5.74, 6) is 4.33. The van der Waals surface area contributed by atoms with Crippen LogP contribution in [0.15, 0.2) is 42.5 Å². The molecule has 4 heteroatoms. The van der Waals surface area contributed by atoms with Gasteiger partial charge in [-0.2, -0.15) is 0 Å². The second-order valence-electron chi connectivity index (χ2n) is 4.76. The summed E-state index contributed by atoms with van der Waals surface area (Å²) in [6.45, 7) is 2.09. The van der Waals surface area contributed by atoms with Crippen LogP contribution in [0.25, 0.3) is 0 Å². The van der Waals surface area contributed by atoms with Gasteiger partial charge in [0, 0.05) is 11.6 Å². The van der Waals surface area contributed by atoms with Gasteiger partial charge in [0.15, 0.2) is 0 Å². The minimum Gasteiger partial charge on any atom is -0.271 e. The van der Waals surface area contributed by atoms with Crippen molar-refractivity contribution in [3.8, 4) is 0 Å². The third-order valence-corrected chi connectivity index (χ3v) is 3.41. The molecule has 2 nitrogen and oxygen atoms in total. The monoisotopic (exact) mass is 276 g/mol. The second-order valence-corrected chi connectivity index (χ2v) is 4.76. The van der Waals surface area contributed by atoms with Crippen molar-refractivity contribution in [3.63, 3.8) is 0 Å². The molecule has 0 heterocycles. The molecule has 106 valence electrons. The van der Waals surface area contributed by atoms with Gasteiger partial charge in [0.05, 0.1) is 6.04 Å². The molecule has 1 atom stereocenters. The number of nitrogens with two attached hydrogens (primary N) is 1. The number of hydrazine groups is 1. The Morgan fingerprint density at radius 1 is 1.05 bits per heavy atom. The molecule has 0 aliphatic heterocycles. The lowest BCUT2D eigenvalue weighted by atomic mass is 9.98. The maximum Gasteiger partial charge on any atom is 0.130 e. The van der Waals surface area contributed by atoms with Crippen LogP contribution in [0.4, 0.5) is 8.78 Å². The fourth-order valence-electron chi connectivity index (χ4n) is 2.19. The molecule has 1 unspecified atom stereocenters. The highest BCUT2D eigenvalue weighted by atomic mass is 19.1. The zero-order valence-corrected chi connectivity index (χ0v) is 11.4. The third kappa shape index (κ3) is 3.40. The standard InChI is InChI=1S/C16H18F2N2/c1-2-11-3-5-12(6-4-11)9-16(20-19)14-8-7-13(17)10-15(14)18/h3-8,10,16,20H,2,9,19H2,1H3. The largest absolute Gasteiger partial charge is 0.271 e. The van der Waals surface area contributed by atoms with Crippen molar-refractivity contribution in [2.24, 2.45) is 5.84 Å². The van der Waals surface area contributed by atoms with Crippen LogP contribution in [0, 0.1) is 11.6 Å². The fraction of sp³-hybridized carbons (Fsp3) is 0.250. The van der Waals surface area contributed by atoms with Crippen LogP contribution >= 0.6 is 0 Å². The number of benzene rings is 2. The summed E-state index contributed by atoms with van der Waals surface area (Å²) in [6.07, 6.45) is 1.52. The lowest BCUT2D eigenvalue weighted by Gasteiger charge is -2.17. The van der Waals surface area contributed by atoms with E-state index < -0.39 is 11.6 Å². The maximum absolute atomic E-state index is 13.8. The lowest BCUT2D eigenvalue weighted by molar-refractivity contribution is 0.502. The number of nitrogens with one attached hydrogen (secondary N) is 1. The molecule has 0 radical (unpaired) electrons. The normalized spacial score (nSPS) is 12.4. The topological polar surface area (TPSA) is 38.0 Å². The van der Waals surface area contributed by atoms with Gasteiger partial charge in [-0.25, -0.2) is 8.78 Å². The Labute approximate surface area is 117 Å². The first-order valence-electron chi connectivity index (χ1n) is 6.63. The van der Waals surface area contributed by atoms with Crippen LogP contribution in [0.2, 0.25) is 0 Å². The van der Waals surface area contributed by atoms with Crippen molar-refractivity contribution in [3.05, 3.63) is 70.8 Å². The van der Waals surface area contributed by atoms with Gasteiger partial charge in [-0.05, 0) is 30.0 Å². The van der Waals surface area contributed by atoms with E-state index in [0.29, 0.717) is 12.0 Å².